The van der Waals surface area contributed by atoms with E-state index in [1.165, 1.54) is 0 Å². The molecule has 4 aromatic rings. The lowest BCUT2D eigenvalue weighted by molar-refractivity contribution is -0.121. The number of para-hydroxylation sites is 1. The smallest absolute Gasteiger partial charge is 0.283 e. The predicted molar refractivity (Wildman–Crippen MR) is 87.0 cm³/mol. The Kier molecular flexibility index (Phi) is 3.38. The Morgan fingerprint density at radius 2 is 2.00 bits per heavy atom. The molecule has 1 aromatic carbocycles. The van der Waals surface area contributed by atoms with Gasteiger partial charge in [-0.1, -0.05) is 18.2 Å². The zero-order valence-electron chi connectivity index (χ0n) is 12.9. The summed E-state index contributed by atoms with van der Waals surface area (Å²) in [5, 5.41) is 11.7. The first-order chi connectivity index (χ1) is 11.8. The van der Waals surface area contributed by atoms with E-state index in [0.29, 0.717) is 17.5 Å². The van der Waals surface area contributed by atoms with Crippen LogP contribution in [0, 0.1) is 0 Å². The third kappa shape index (κ3) is 2.36. The molecule has 1 N–H and O–H groups in total. The maximum absolute atomic E-state index is 11.7. The van der Waals surface area contributed by atoms with Crippen LogP contribution in [0.25, 0.3) is 34.0 Å². The van der Waals surface area contributed by atoms with E-state index in [1.807, 2.05) is 35.0 Å². The minimum atomic E-state index is -0.0795. The summed E-state index contributed by atoms with van der Waals surface area (Å²) in [6.07, 6.45) is 3.40. The number of nitrogens with one attached hydrogen (secondary N) is 1. The van der Waals surface area contributed by atoms with E-state index < -0.39 is 0 Å². The van der Waals surface area contributed by atoms with Crippen LogP contribution in [0.3, 0.4) is 0 Å². The molecule has 120 valence electrons. The largest absolute Gasteiger partial charge is 0.459 e. The van der Waals surface area contributed by atoms with Crippen LogP contribution in [0.2, 0.25) is 0 Å². The molecule has 0 saturated carbocycles. The number of nitrogens with zero attached hydrogens (tertiary/aromatic N) is 3. The van der Waals surface area contributed by atoms with Crippen LogP contribution in [0.4, 0.5) is 0 Å². The van der Waals surface area contributed by atoms with Crippen LogP contribution < -0.4 is 5.32 Å². The summed E-state index contributed by atoms with van der Waals surface area (Å²) in [6.45, 7) is 0.218. The third-order valence-corrected chi connectivity index (χ3v) is 3.77. The summed E-state index contributed by atoms with van der Waals surface area (Å²) < 4.78 is 12.9. The van der Waals surface area contributed by atoms with Crippen molar-refractivity contribution in [2.45, 2.75) is 6.54 Å². The Balaban J connectivity index is 1.81. The van der Waals surface area contributed by atoms with Gasteiger partial charge in [0.15, 0.2) is 5.76 Å². The summed E-state index contributed by atoms with van der Waals surface area (Å²) in [6, 6.07) is 11.3. The van der Waals surface area contributed by atoms with Crippen molar-refractivity contribution >= 4 is 16.8 Å². The summed E-state index contributed by atoms with van der Waals surface area (Å²) in [7, 11) is 1.61. The van der Waals surface area contributed by atoms with Gasteiger partial charge in [0.05, 0.1) is 11.8 Å². The van der Waals surface area contributed by atoms with Gasteiger partial charge < -0.3 is 18.7 Å². The van der Waals surface area contributed by atoms with Crippen molar-refractivity contribution in [3.05, 3.63) is 48.9 Å². The quantitative estimate of drug-likeness (QED) is 0.624. The summed E-state index contributed by atoms with van der Waals surface area (Å²) in [5.74, 6) is 1.14. The molecular weight excluding hydrogens is 308 g/mol. The highest BCUT2D eigenvalue weighted by molar-refractivity contribution is 5.95. The number of carbonyl (C=O) groups is 1. The molecule has 1 amide bonds. The molecular formula is C17H14N4O3. The van der Waals surface area contributed by atoms with Crippen molar-refractivity contribution in [3.8, 4) is 23.1 Å². The molecule has 0 unspecified atom stereocenters. The Morgan fingerprint density at radius 1 is 1.17 bits per heavy atom. The monoisotopic (exact) mass is 322 g/mol. The molecule has 0 bridgehead atoms. The first kappa shape index (κ1) is 14.3. The number of aromatic nitrogens is 3. The van der Waals surface area contributed by atoms with E-state index in [9.17, 15) is 4.79 Å². The molecule has 7 nitrogen and oxygen atoms in total. The zero-order chi connectivity index (χ0) is 16.5. The predicted octanol–water partition coefficient (Wildman–Crippen LogP) is 2.70. The molecule has 0 aliphatic rings. The maximum Gasteiger partial charge on any atom is 0.283 e. The Hall–Kier alpha value is -3.35. The number of amides is 1. The number of benzene rings is 1. The second kappa shape index (κ2) is 5.69. The first-order valence-corrected chi connectivity index (χ1v) is 7.42. The highest BCUT2D eigenvalue weighted by atomic mass is 16.4. The number of rotatable bonds is 4. The van der Waals surface area contributed by atoms with E-state index in [2.05, 4.69) is 15.5 Å². The van der Waals surface area contributed by atoms with Gasteiger partial charge in [0.2, 0.25) is 11.8 Å². The van der Waals surface area contributed by atoms with Gasteiger partial charge in [0.1, 0.15) is 6.54 Å². The van der Waals surface area contributed by atoms with Crippen molar-refractivity contribution in [1.29, 1.82) is 0 Å². The summed E-state index contributed by atoms with van der Waals surface area (Å²) >= 11 is 0. The molecule has 0 spiro atoms. The molecule has 0 aliphatic heterocycles. The van der Waals surface area contributed by atoms with Crippen molar-refractivity contribution in [2.75, 3.05) is 7.05 Å². The van der Waals surface area contributed by atoms with Gasteiger partial charge in [-0.25, -0.2) is 0 Å². The number of furan rings is 1. The first-order valence-electron chi connectivity index (χ1n) is 7.42. The fourth-order valence-corrected chi connectivity index (χ4v) is 2.61. The van der Waals surface area contributed by atoms with Crippen molar-refractivity contribution in [2.24, 2.45) is 0 Å². The number of fused-ring (bicyclic) bond motifs is 1. The topological polar surface area (TPSA) is 86.1 Å². The van der Waals surface area contributed by atoms with Crippen molar-refractivity contribution in [3.63, 3.8) is 0 Å². The van der Waals surface area contributed by atoms with Crippen LogP contribution in [0.5, 0.6) is 0 Å². The molecule has 0 fully saturated rings. The van der Waals surface area contributed by atoms with Gasteiger partial charge in [0, 0.05) is 24.1 Å². The lowest BCUT2D eigenvalue weighted by atomic mass is 10.2. The highest BCUT2D eigenvalue weighted by Crippen LogP contribution is 2.31. The molecule has 0 aliphatic carbocycles. The summed E-state index contributed by atoms with van der Waals surface area (Å²) in [5.41, 5.74) is 1.70. The molecule has 7 heteroatoms. The Labute approximate surface area is 136 Å². The molecule has 3 heterocycles. The van der Waals surface area contributed by atoms with E-state index in [4.69, 9.17) is 8.83 Å². The summed E-state index contributed by atoms with van der Waals surface area (Å²) in [4.78, 5) is 11.7. The van der Waals surface area contributed by atoms with Crippen LogP contribution in [0.15, 0.2) is 57.7 Å². The Bertz CT molecular complexity index is 998. The average molecular weight is 322 g/mol. The second-order valence-corrected chi connectivity index (χ2v) is 5.25. The minimum absolute atomic E-state index is 0.0795. The van der Waals surface area contributed by atoms with Crippen LogP contribution in [-0.4, -0.2) is 27.7 Å². The van der Waals surface area contributed by atoms with Crippen molar-refractivity contribution < 1.29 is 13.6 Å². The van der Waals surface area contributed by atoms with E-state index >= 15 is 0 Å². The van der Waals surface area contributed by atoms with Crippen LogP contribution in [0.1, 0.15) is 0 Å². The van der Waals surface area contributed by atoms with Crippen molar-refractivity contribution in [1.82, 2.24) is 20.1 Å². The van der Waals surface area contributed by atoms with Crippen LogP contribution >= 0.6 is 0 Å². The molecule has 0 saturated heterocycles. The van der Waals surface area contributed by atoms with E-state index in [1.54, 1.807) is 25.4 Å². The van der Waals surface area contributed by atoms with Gasteiger partial charge in [0.25, 0.3) is 5.89 Å². The van der Waals surface area contributed by atoms with Gasteiger partial charge in [-0.3, -0.25) is 4.79 Å². The lowest BCUT2D eigenvalue weighted by Gasteiger charge is -2.03. The van der Waals surface area contributed by atoms with Gasteiger partial charge in [-0.2, -0.15) is 0 Å². The second-order valence-electron chi connectivity index (χ2n) is 5.25. The molecule has 24 heavy (non-hydrogen) atoms. The van der Waals surface area contributed by atoms with Gasteiger partial charge in [-0.15, -0.1) is 10.2 Å². The zero-order valence-corrected chi connectivity index (χ0v) is 12.9. The lowest BCUT2D eigenvalue weighted by Crippen LogP contribution is -2.22. The fourth-order valence-electron chi connectivity index (χ4n) is 2.61. The van der Waals surface area contributed by atoms with E-state index in [0.717, 1.165) is 16.5 Å². The standard InChI is InChI=1S/C17H14N4O3/c1-18-15(22)10-21-9-12(11-5-2-3-6-13(11)21)16-19-20-17(24-16)14-7-4-8-23-14/h2-9H,10H2,1H3,(H,18,22). The minimum Gasteiger partial charge on any atom is -0.459 e. The fraction of sp³-hybridized carbons (Fsp3) is 0.118. The number of hydrogen-bond acceptors (Lipinski definition) is 5. The average Bonchev–Trinajstić information content (AvgIpc) is 3.34. The van der Waals surface area contributed by atoms with E-state index in [-0.39, 0.29) is 12.5 Å². The number of hydrogen-bond donors (Lipinski definition) is 1. The molecule has 0 radical (unpaired) electrons. The highest BCUT2D eigenvalue weighted by Gasteiger charge is 2.18. The third-order valence-electron chi connectivity index (χ3n) is 3.77. The molecule has 3 aromatic heterocycles. The SMILES string of the molecule is CNC(=O)Cn1cc(-c2nnc(-c3ccco3)o2)c2ccccc21. The van der Waals surface area contributed by atoms with Gasteiger partial charge in [-0.05, 0) is 18.2 Å². The van der Waals surface area contributed by atoms with Crippen LogP contribution in [-0.2, 0) is 11.3 Å². The number of likely N-dealkylation sites (N-methyl/N-ethyl adjacent to an activating group) is 1. The van der Waals surface area contributed by atoms with Gasteiger partial charge >= 0.3 is 0 Å². The Morgan fingerprint density at radius 3 is 2.79 bits per heavy atom. The maximum atomic E-state index is 11.7. The number of carbonyl (C=O) groups excluding carboxylic acids is 1. The molecule has 4 rings (SSSR count). The normalized spacial score (nSPS) is 11.0. The molecule has 0 atom stereocenters.